The molecule has 1 aromatic rings. The molecule has 0 aromatic heterocycles. The van der Waals surface area contributed by atoms with Crippen LogP contribution in [-0.4, -0.2) is 44.9 Å². The van der Waals surface area contributed by atoms with Crippen LogP contribution in [0.25, 0.3) is 0 Å². The van der Waals surface area contributed by atoms with Crippen LogP contribution in [0.3, 0.4) is 0 Å². The van der Waals surface area contributed by atoms with Gasteiger partial charge in [-0.1, -0.05) is 12.1 Å². The Morgan fingerprint density at radius 1 is 1.33 bits per heavy atom. The summed E-state index contributed by atoms with van der Waals surface area (Å²) >= 11 is 0. The second-order valence-corrected chi connectivity index (χ2v) is 4.83. The average Bonchev–Trinajstić information content (AvgIpc) is 2.47. The Kier molecular flexibility index (Phi) is 3.50. The van der Waals surface area contributed by atoms with E-state index in [9.17, 15) is 0 Å². The van der Waals surface area contributed by atoms with Crippen LogP contribution in [0.2, 0.25) is 0 Å². The molecule has 0 aliphatic carbocycles. The maximum Gasteiger partial charge on any atom is 0.124 e. The van der Waals surface area contributed by atoms with Gasteiger partial charge in [-0.15, -0.1) is 0 Å². The summed E-state index contributed by atoms with van der Waals surface area (Å²) in [6.07, 6.45) is 0. The first-order valence-electron chi connectivity index (χ1n) is 6.58. The number of hydrogen-bond acceptors (Lipinski definition) is 4. The van der Waals surface area contributed by atoms with Gasteiger partial charge in [0, 0.05) is 31.7 Å². The average molecular weight is 248 g/mol. The Morgan fingerprint density at radius 3 is 2.94 bits per heavy atom. The molecule has 0 bridgehead atoms. The summed E-state index contributed by atoms with van der Waals surface area (Å²) in [4.78, 5) is 2.50. The van der Waals surface area contributed by atoms with E-state index < -0.39 is 0 Å². The predicted molar refractivity (Wildman–Crippen MR) is 69.8 cm³/mol. The van der Waals surface area contributed by atoms with Crippen LogP contribution < -0.4 is 10.1 Å². The van der Waals surface area contributed by atoms with Crippen molar-refractivity contribution in [2.75, 3.05) is 40.0 Å². The molecule has 1 N–H and O–H groups in total. The third-order valence-electron chi connectivity index (χ3n) is 3.85. The molecule has 1 aromatic carbocycles. The molecular weight excluding hydrogens is 228 g/mol. The fourth-order valence-electron chi connectivity index (χ4n) is 2.95. The summed E-state index contributed by atoms with van der Waals surface area (Å²) in [5.74, 6) is 1.02. The summed E-state index contributed by atoms with van der Waals surface area (Å²) in [5, 5.41) is 3.50. The van der Waals surface area contributed by atoms with E-state index in [0.29, 0.717) is 6.04 Å². The van der Waals surface area contributed by atoms with E-state index in [-0.39, 0.29) is 0 Å². The molecule has 2 aliphatic rings. The number of methoxy groups -OCH3 is 1. The van der Waals surface area contributed by atoms with Crippen molar-refractivity contribution in [2.45, 2.75) is 12.6 Å². The molecule has 18 heavy (non-hydrogen) atoms. The molecule has 3 rings (SSSR count). The van der Waals surface area contributed by atoms with Crippen molar-refractivity contribution in [1.82, 2.24) is 10.2 Å². The Hall–Kier alpha value is -1.10. The Labute approximate surface area is 108 Å². The maximum absolute atomic E-state index is 5.55. The minimum atomic E-state index is 0.411. The van der Waals surface area contributed by atoms with Crippen molar-refractivity contribution in [3.63, 3.8) is 0 Å². The van der Waals surface area contributed by atoms with Crippen LogP contribution in [0.5, 0.6) is 5.75 Å². The largest absolute Gasteiger partial charge is 0.496 e. The zero-order valence-corrected chi connectivity index (χ0v) is 10.8. The molecule has 1 saturated heterocycles. The molecule has 4 heteroatoms. The summed E-state index contributed by atoms with van der Waals surface area (Å²) in [7, 11) is 1.76. The Morgan fingerprint density at radius 2 is 2.17 bits per heavy atom. The Bertz CT molecular complexity index is 402. The first-order chi connectivity index (χ1) is 8.90. The van der Waals surface area contributed by atoms with Crippen LogP contribution in [0.4, 0.5) is 0 Å². The number of fused-ring (bicyclic) bond motifs is 1. The fourth-order valence-corrected chi connectivity index (χ4v) is 2.95. The third-order valence-corrected chi connectivity index (χ3v) is 3.85. The molecule has 1 atom stereocenters. The smallest absolute Gasteiger partial charge is 0.124 e. The van der Waals surface area contributed by atoms with Gasteiger partial charge >= 0.3 is 0 Å². The van der Waals surface area contributed by atoms with Gasteiger partial charge in [-0.2, -0.15) is 0 Å². The zero-order valence-electron chi connectivity index (χ0n) is 10.8. The van der Waals surface area contributed by atoms with Gasteiger partial charge < -0.3 is 14.8 Å². The second kappa shape index (κ2) is 5.26. The lowest BCUT2D eigenvalue weighted by molar-refractivity contribution is 0.0141. The van der Waals surface area contributed by atoms with Gasteiger partial charge in [-0.3, -0.25) is 4.90 Å². The molecule has 2 aliphatic heterocycles. The van der Waals surface area contributed by atoms with Gasteiger partial charge in [0.25, 0.3) is 0 Å². The standard InChI is InChI=1S/C14H20N2O2/c1-17-13-4-2-3-11-9-15-10-12(14(11)13)16-5-7-18-8-6-16/h2-4,12,15H,5-10H2,1H3/t12-/m0/s1. The minimum absolute atomic E-state index is 0.411. The van der Waals surface area contributed by atoms with Crippen molar-refractivity contribution >= 4 is 0 Å². The molecule has 2 heterocycles. The van der Waals surface area contributed by atoms with Crippen LogP contribution in [0.1, 0.15) is 17.2 Å². The quantitative estimate of drug-likeness (QED) is 0.852. The highest BCUT2D eigenvalue weighted by atomic mass is 16.5. The van der Waals surface area contributed by atoms with Crippen molar-refractivity contribution in [3.05, 3.63) is 29.3 Å². The SMILES string of the molecule is COc1cccc2c1[C@@H](N1CCOCC1)CNC2. The third kappa shape index (κ3) is 2.11. The monoisotopic (exact) mass is 248 g/mol. The number of benzene rings is 1. The first kappa shape index (κ1) is 12.0. The second-order valence-electron chi connectivity index (χ2n) is 4.83. The highest BCUT2D eigenvalue weighted by Gasteiger charge is 2.29. The highest BCUT2D eigenvalue weighted by molar-refractivity contribution is 5.44. The van der Waals surface area contributed by atoms with Crippen LogP contribution in [0.15, 0.2) is 18.2 Å². The molecule has 0 radical (unpaired) electrons. The summed E-state index contributed by atoms with van der Waals surface area (Å²) in [6, 6.07) is 6.74. The van der Waals surface area contributed by atoms with Gasteiger partial charge in [0.2, 0.25) is 0 Å². The predicted octanol–water partition coefficient (Wildman–Crippen LogP) is 1.17. The van der Waals surface area contributed by atoms with Gasteiger partial charge in [-0.25, -0.2) is 0 Å². The van der Waals surface area contributed by atoms with E-state index in [1.165, 1.54) is 11.1 Å². The van der Waals surface area contributed by atoms with E-state index in [1.807, 2.05) is 0 Å². The normalized spacial score (nSPS) is 24.6. The lowest BCUT2D eigenvalue weighted by atomic mass is 9.94. The molecule has 1 fully saturated rings. The van der Waals surface area contributed by atoms with E-state index in [4.69, 9.17) is 9.47 Å². The lowest BCUT2D eigenvalue weighted by Gasteiger charge is -2.38. The Balaban J connectivity index is 1.94. The van der Waals surface area contributed by atoms with Crippen LogP contribution in [-0.2, 0) is 11.3 Å². The minimum Gasteiger partial charge on any atom is -0.496 e. The lowest BCUT2D eigenvalue weighted by Crippen LogP contribution is -2.45. The van der Waals surface area contributed by atoms with Crippen molar-refractivity contribution in [2.24, 2.45) is 0 Å². The van der Waals surface area contributed by atoms with E-state index in [2.05, 4.69) is 28.4 Å². The number of rotatable bonds is 2. The van der Waals surface area contributed by atoms with Gasteiger partial charge in [0.15, 0.2) is 0 Å². The van der Waals surface area contributed by atoms with Crippen LogP contribution in [0, 0.1) is 0 Å². The summed E-state index contributed by atoms with van der Waals surface area (Å²) < 4.78 is 11.0. The number of hydrogen-bond donors (Lipinski definition) is 1. The summed E-state index contributed by atoms with van der Waals surface area (Å²) in [5.41, 5.74) is 2.72. The maximum atomic E-state index is 5.55. The van der Waals surface area contributed by atoms with E-state index >= 15 is 0 Å². The topological polar surface area (TPSA) is 33.7 Å². The van der Waals surface area contributed by atoms with Crippen LogP contribution >= 0.6 is 0 Å². The molecule has 98 valence electrons. The first-order valence-corrected chi connectivity index (χ1v) is 6.58. The molecule has 0 amide bonds. The highest BCUT2D eigenvalue weighted by Crippen LogP contribution is 2.34. The molecular formula is C14H20N2O2. The van der Waals surface area contributed by atoms with Crippen molar-refractivity contribution in [1.29, 1.82) is 0 Å². The number of morpholine rings is 1. The zero-order chi connectivity index (χ0) is 12.4. The molecule has 0 saturated carbocycles. The molecule has 4 nitrogen and oxygen atoms in total. The fraction of sp³-hybridized carbons (Fsp3) is 0.571. The summed E-state index contributed by atoms with van der Waals surface area (Å²) in [6.45, 7) is 5.61. The van der Waals surface area contributed by atoms with Crippen molar-refractivity contribution in [3.8, 4) is 5.75 Å². The van der Waals surface area contributed by atoms with Crippen molar-refractivity contribution < 1.29 is 9.47 Å². The molecule has 0 spiro atoms. The molecule has 0 unspecified atom stereocenters. The van der Waals surface area contributed by atoms with Gasteiger partial charge in [0.1, 0.15) is 5.75 Å². The van der Waals surface area contributed by atoms with Gasteiger partial charge in [-0.05, 0) is 11.6 Å². The van der Waals surface area contributed by atoms with Gasteiger partial charge in [0.05, 0.1) is 26.4 Å². The number of nitrogens with one attached hydrogen (secondary N) is 1. The van der Waals surface area contributed by atoms with E-state index in [0.717, 1.165) is 45.1 Å². The number of nitrogens with zero attached hydrogens (tertiary/aromatic N) is 1. The van der Waals surface area contributed by atoms with E-state index in [1.54, 1.807) is 7.11 Å². The number of ether oxygens (including phenoxy) is 2.